The lowest BCUT2D eigenvalue weighted by Gasteiger charge is -2.64. The van der Waals surface area contributed by atoms with Crippen molar-refractivity contribution in [3.63, 3.8) is 0 Å². The van der Waals surface area contributed by atoms with Crippen molar-refractivity contribution in [2.45, 2.75) is 117 Å². The second-order valence-corrected chi connectivity index (χ2v) is 14.2. The molecule has 1 amide bonds. The molecule has 1 aliphatic heterocycles. The smallest absolute Gasteiger partial charge is 0.410 e. The largest absolute Gasteiger partial charge is 0.449 e. The van der Waals surface area contributed by atoms with Gasteiger partial charge < -0.3 is 25.0 Å². The Kier molecular flexibility index (Phi) is 7.95. The monoisotopic (exact) mass is 519 g/mol. The lowest BCUT2D eigenvalue weighted by Crippen LogP contribution is -2.62. The number of aliphatic hydroxyl groups excluding tert-OH is 3. The number of carbonyl (C=O) groups excluding carboxylic acids is 1. The number of likely N-dealkylation sites (tertiary alicyclic amines) is 1. The Bertz CT molecular complexity index is 821. The highest BCUT2D eigenvalue weighted by Crippen LogP contribution is 2.69. The third-order valence-electron chi connectivity index (χ3n) is 12.8. The molecule has 5 rings (SSSR count). The summed E-state index contributed by atoms with van der Waals surface area (Å²) in [5.41, 5.74) is 0.475. The number of amides is 1. The number of aliphatic hydroxyl groups is 3. The highest BCUT2D eigenvalue weighted by molar-refractivity contribution is 5.68. The van der Waals surface area contributed by atoms with E-state index >= 15 is 0 Å². The Balaban J connectivity index is 1.25. The third-order valence-corrected chi connectivity index (χ3v) is 12.8. The van der Waals surface area contributed by atoms with Crippen LogP contribution >= 0.6 is 0 Å². The van der Waals surface area contributed by atoms with E-state index in [0.29, 0.717) is 54.6 Å². The van der Waals surface area contributed by atoms with E-state index in [-0.39, 0.29) is 41.8 Å². The van der Waals surface area contributed by atoms with Gasteiger partial charge in [0, 0.05) is 6.54 Å². The van der Waals surface area contributed by atoms with Crippen LogP contribution in [0.2, 0.25) is 0 Å². The Morgan fingerprint density at radius 1 is 1.03 bits per heavy atom. The minimum atomic E-state index is -0.267. The van der Waals surface area contributed by atoms with E-state index in [1.54, 1.807) is 4.90 Å². The Hall–Kier alpha value is -0.850. The maximum absolute atomic E-state index is 12.6. The average Bonchev–Trinajstić information content (AvgIpc) is 3.49. The van der Waals surface area contributed by atoms with Crippen molar-refractivity contribution < 1.29 is 24.9 Å². The molecule has 0 spiro atoms. The molecule has 1 saturated heterocycles. The fourth-order valence-corrected chi connectivity index (χ4v) is 10.8. The SMILES string of the molecule is CC[C@H]1[C@@H](O)[C@@H]2[C@H](CC[C@]3(C)[C@@H]([C@H](C)CCOC(=O)N4CCC[C@H]4CO)CC[C@@H]23)[C@@]2(C)CC[C@@H](O)C[C@@H]12. The molecule has 212 valence electrons. The second-order valence-electron chi connectivity index (χ2n) is 14.2. The zero-order valence-corrected chi connectivity index (χ0v) is 23.8. The van der Waals surface area contributed by atoms with Gasteiger partial charge in [-0.05, 0) is 116 Å². The number of nitrogens with zero attached hydrogens (tertiary/aromatic N) is 1. The summed E-state index contributed by atoms with van der Waals surface area (Å²) in [5.74, 6) is 3.31. The van der Waals surface area contributed by atoms with Crippen molar-refractivity contribution in [3.8, 4) is 0 Å². The van der Waals surface area contributed by atoms with Crippen molar-refractivity contribution in [2.75, 3.05) is 19.8 Å². The minimum Gasteiger partial charge on any atom is -0.449 e. The summed E-state index contributed by atoms with van der Waals surface area (Å²) in [6.45, 7) is 10.7. The van der Waals surface area contributed by atoms with Gasteiger partial charge in [0.05, 0.1) is 31.5 Å². The fourth-order valence-electron chi connectivity index (χ4n) is 10.8. The average molecular weight is 520 g/mol. The number of carbonyl (C=O) groups is 1. The Morgan fingerprint density at radius 3 is 2.49 bits per heavy atom. The van der Waals surface area contributed by atoms with Crippen molar-refractivity contribution in [1.29, 1.82) is 0 Å². The van der Waals surface area contributed by atoms with E-state index in [2.05, 4.69) is 27.7 Å². The van der Waals surface area contributed by atoms with Crippen molar-refractivity contribution in [2.24, 2.45) is 52.3 Å². The predicted molar refractivity (Wildman–Crippen MR) is 144 cm³/mol. The lowest BCUT2D eigenvalue weighted by atomic mass is 9.41. The molecule has 0 unspecified atom stereocenters. The molecule has 5 aliphatic rings. The summed E-state index contributed by atoms with van der Waals surface area (Å²) in [5, 5.41) is 31.9. The number of hydrogen-bond acceptors (Lipinski definition) is 5. The molecule has 37 heavy (non-hydrogen) atoms. The maximum Gasteiger partial charge on any atom is 0.410 e. The number of ether oxygens (including phenoxy) is 1. The summed E-state index contributed by atoms with van der Waals surface area (Å²) in [4.78, 5) is 14.3. The Morgan fingerprint density at radius 2 is 1.76 bits per heavy atom. The molecule has 3 N–H and O–H groups in total. The van der Waals surface area contributed by atoms with E-state index in [0.717, 1.165) is 44.9 Å². The van der Waals surface area contributed by atoms with Crippen LogP contribution in [-0.4, -0.2) is 64.3 Å². The van der Waals surface area contributed by atoms with E-state index in [9.17, 15) is 20.1 Å². The van der Waals surface area contributed by atoms with E-state index < -0.39 is 0 Å². The lowest BCUT2D eigenvalue weighted by molar-refractivity contribution is -0.203. The van der Waals surface area contributed by atoms with Gasteiger partial charge in [-0.15, -0.1) is 0 Å². The van der Waals surface area contributed by atoms with Crippen LogP contribution < -0.4 is 0 Å². The molecule has 12 atom stereocenters. The van der Waals surface area contributed by atoms with Crippen molar-refractivity contribution in [1.82, 2.24) is 4.90 Å². The van der Waals surface area contributed by atoms with Gasteiger partial charge in [0.2, 0.25) is 0 Å². The van der Waals surface area contributed by atoms with Crippen LogP contribution in [0.25, 0.3) is 0 Å². The van der Waals surface area contributed by atoms with Gasteiger partial charge in [-0.3, -0.25) is 0 Å². The van der Waals surface area contributed by atoms with Crippen molar-refractivity contribution in [3.05, 3.63) is 0 Å². The summed E-state index contributed by atoms with van der Waals surface area (Å²) < 4.78 is 5.69. The molecule has 0 aromatic heterocycles. The number of rotatable bonds is 6. The van der Waals surface area contributed by atoms with E-state index in [1.165, 1.54) is 25.7 Å². The van der Waals surface area contributed by atoms with Gasteiger partial charge in [0.1, 0.15) is 0 Å². The summed E-state index contributed by atoms with van der Waals surface area (Å²) in [7, 11) is 0. The van der Waals surface area contributed by atoms with Crippen LogP contribution in [0.3, 0.4) is 0 Å². The van der Waals surface area contributed by atoms with Crippen LogP contribution in [0.15, 0.2) is 0 Å². The molecule has 0 aromatic rings. The normalized spacial score (nSPS) is 48.2. The fraction of sp³-hybridized carbons (Fsp3) is 0.968. The topological polar surface area (TPSA) is 90.2 Å². The maximum atomic E-state index is 12.6. The zero-order valence-electron chi connectivity index (χ0n) is 23.8. The third kappa shape index (κ3) is 4.55. The summed E-state index contributed by atoms with van der Waals surface area (Å²) in [6.07, 6.45) is 10.7. The number of hydrogen-bond donors (Lipinski definition) is 3. The molecular weight excluding hydrogens is 466 g/mol. The second kappa shape index (κ2) is 10.6. The Labute approximate surface area is 224 Å². The molecule has 4 saturated carbocycles. The standard InChI is InChI=1S/C31H53NO5/c1-5-22-26-17-21(34)10-13-31(26,4)25-11-14-30(3)23(8-9-24(30)27(25)28(22)35)19(2)12-16-37-29(36)32-15-6-7-20(32)18-33/h19-28,33-35H,5-18H2,1-4H3/t19-,20+,21-,22-,23-,24+,25+,26+,27+,28-,30-,31-/m1/s1. The van der Waals surface area contributed by atoms with Gasteiger partial charge in [-0.1, -0.05) is 34.1 Å². The van der Waals surface area contributed by atoms with Gasteiger partial charge >= 0.3 is 6.09 Å². The molecule has 4 aliphatic carbocycles. The van der Waals surface area contributed by atoms with Gasteiger partial charge in [0.15, 0.2) is 0 Å². The van der Waals surface area contributed by atoms with Gasteiger partial charge in [-0.25, -0.2) is 4.79 Å². The number of fused-ring (bicyclic) bond motifs is 5. The summed E-state index contributed by atoms with van der Waals surface area (Å²) >= 11 is 0. The predicted octanol–water partition coefficient (Wildman–Crippen LogP) is 5.23. The van der Waals surface area contributed by atoms with Gasteiger partial charge in [-0.2, -0.15) is 0 Å². The van der Waals surface area contributed by atoms with Gasteiger partial charge in [0.25, 0.3) is 0 Å². The molecule has 0 bridgehead atoms. The molecule has 0 radical (unpaired) electrons. The first-order valence-electron chi connectivity index (χ1n) is 15.6. The quantitative estimate of drug-likeness (QED) is 0.447. The summed E-state index contributed by atoms with van der Waals surface area (Å²) in [6, 6.07) is -0.0858. The first-order valence-corrected chi connectivity index (χ1v) is 15.6. The van der Waals surface area contributed by atoms with E-state index in [4.69, 9.17) is 4.74 Å². The van der Waals surface area contributed by atoms with Crippen LogP contribution in [-0.2, 0) is 4.74 Å². The van der Waals surface area contributed by atoms with Crippen molar-refractivity contribution >= 4 is 6.09 Å². The first kappa shape index (κ1) is 27.7. The van der Waals surface area contributed by atoms with Crippen LogP contribution in [0.4, 0.5) is 4.79 Å². The van der Waals surface area contributed by atoms with E-state index in [1.807, 2.05) is 0 Å². The molecule has 1 heterocycles. The molecule has 5 fully saturated rings. The molecule has 0 aromatic carbocycles. The first-order chi connectivity index (χ1) is 17.7. The highest BCUT2D eigenvalue weighted by Gasteiger charge is 2.64. The van der Waals surface area contributed by atoms with Crippen LogP contribution in [0.5, 0.6) is 0 Å². The molecular formula is C31H53NO5. The molecule has 6 heteroatoms. The minimum absolute atomic E-state index is 0.0145. The molecule has 6 nitrogen and oxygen atoms in total. The zero-order chi connectivity index (χ0) is 26.5. The highest BCUT2D eigenvalue weighted by atomic mass is 16.6. The van der Waals surface area contributed by atoms with Crippen LogP contribution in [0.1, 0.15) is 98.3 Å². The van der Waals surface area contributed by atoms with Crippen LogP contribution in [0, 0.1) is 52.3 Å².